The van der Waals surface area contributed by atoms with Crippen LogP contribution < -0.4 is 19.7 Å². The number of ether oxygens (including phenoxy) is 4. The van der Waals surface area contributed by atoms with E-state index in [4.69, 9.17) is 30.5 Å². The smallest absolute Gasteiger partial charge is 0.410 e. The number of hydrogen-bond acceptors (Lipinski definition) is 9. The first-order valence-electron chi connectivity index (χ1n) is 13.3. The minimum Gasteiger partial charge on any atom is -0.489 e. The van der Waals surface area contributed by atoms with Crippen molar-refractivity contribution in [2.45, 2.75) is 44.3 Å². The van der Waals surface area contributed by atoms with E-state index in [1.54, 1.807) is 15.9 Å². The second-order valence-electron chi connectivity index (χ2n) is 10.9. The van der Waals surface area contributed by atoms with E-state index in [0.717, 1.165) is 24.9 Å². The molecule has 12 heteroatoms. The predicted molar refractivity (Wildman–Crippen MR) is 143 cm³/mol. The van der Waals surface area contributed by atoms with Gasteiger partial charge in [0.25, 0.3) is 5.88 Å². The van der Waals surface area contributed by atoms with Gasteiger partial charge < -0.3 is 34.1 Å². The van der Waals surface area contributed by atoms with Crippen LogP contribution in [0.1, 0.15) is 32.6 Å². The van der Waals surface area contributed by atoms with Gasteiger partial charge in [-0.3, -0.25) is 4.79 Å². The normalized spacial score (nSPS) is 25.3. The van der Waals surface area contributed by atoms with Gasteiger partial charge in [0.1, 0.15) is 18.0 Å². The Labute approximate surface area is 231 Å². The molecule has 4 aliphatic rings. The first-order valence-corrected chi connectivity index (χ1v) is 13.7. The summed E-state index contributed by atoms with van der Waals surface area (Å²) in [5, 5.41) is 3.66. The van der Waals surface area contributed by atoms with Crippen molar-refractivity contribution in [3.63, 3.8) is 0 Å². The van der Waals surface area contributed by atoms with Crippen LogP contribution in [0.2, 0.25) is 5.02 Å². The largest absolute Gasteiger partial charge is 0.489 e. The van der Waals surface area contributed by atoms with Crippen LogP contribution >= 0.6 is 11.6 Å². The highest BCUT2D eigenvalue weighted by Gasteiger charge is 2.47. The molecule has 2 unspecified atom stereocenters. The SMILES string of the molecule is COc1c(Nc2ccc(N3CCCC3=O)cc2Cl)ncnc1OC1C2COCC1CN(C(=O)OC1(C)CC1)C2. The fourth-order valence-corrected chi connectivity index (χ4v) is 5.68. The van der Waals surface area contributed by atoms with Gasteiger partial charge in [-0.15, -0.1) is 0 Å². The van der Waals surface area contributed by atoms with Crippen molar-refractivity contribution in [3.8, 4) is 11.6 Å². The van der Waals surface area contributed by atoms with Crippen molar-refractivity contribution in [2.75, 3.05) is 50.2 Å². The lowest BCUT2D eigenvalue weighted by atomic mass is 9.84. The van der Waals surface area contributed by atoms with Crippen LogP contribution in [0.3, 0.4) is 0 Å². The number of anilines is 3. The molecule has 1 aromatic carbocycles. The Morgan fingerprint density at radius 1 is 1.21 bits per heavy atom. The van der Waals surface area contributed by atoms with E-state index < -0.39 is 0 Å². The maximum absolute atomic E-state index is 12.8. The van der Waals surface area contributed by atoms with Gasteiger partial charge in [-0.1, -0.05) is 11.6 Å². The number of hydrogen-bond donors (Lipinski definition) is 1. The van der Waals surface area contributed by atoms with Crippen molar-refractivity contribution < 1.29 is 28.5 Å². The van der Waals surface area contributed by atoms with Crippen molar-refractivity contribution in [1.29, 1.82) is 0 Å². The summed E-state index contributed by atoms with van der Waals surface area (Å²) in [6.45, 7) is 4.57. The number of rotatable bonds is 7. The number of amides is 2. The molecule has 2 atom stereocenters. The summed E-state index contributed by atoms with van der Waals surface area (Å²) in [6, 6.07) is 5.43. The van der Waals surface area contributed by atoms with E-state index in [9.17, 15) is 9.59 Å². The summed E-state index contributed by atoms with van der Waals surface area (Å²) < 4.78 is 23.6. The average molecular weight is 558 g/mol. The van der Waals surface area contributed by atoms with Crippen LogP contribution in [0.15, 0.2) is 24.5 Å². The maximum atomic E-state index is 12.8. The molecule has 6 rings (SSSR count). The number of fused-ring (bicyclic) bond motifs is 2. The molecule has 0 spiro atoms. The quantitative estimate of drug-likeness (QED) is 0.539. The second-order valence-corrected chi connectivity index (χ2v) is 11.3. The molecule has 3 saturated heterocycles. The molecule has 11 nitrogen and oxygen atoms in total. The molecule has 0 radical (unpaired) electrons. The monoisotopic (exact) mass is 557 g/mol. The summed E-state index contributed by atoms with van der Waals surface area (Å²) in [5.74, 6) is 1.06. The van der Waals surface area contributed by atoms with Gasteiger partial charge in [0.15, 0.2) is 5.82 Å². The number of piperidine rings is 1. The molecule has 1 N–H and O–H groups in total. The van der Waals surface area contributed by atoms with Gasteiger partial charge in [0.2, 0.25) is 11.7 Å². The van der Waals surface area contributed by atoms with Gasteiger partial charge in [0, 0.05) is 43.6 Å². The number of carbonyl (C=O) groups is 2. The van der Waals surface area contributed by atoms with Gasteiger partial charge >= 0.3 is 6.09 Å². The van der Waals surface area contributed by atoms with E-state index in [0.29, 0.717) is 67.4 Å². The van der Waals surface area contributed by atoms with Crippen LogP contribution in [-0.2, 0) is 14.3 Å². The van der Waals surface area contributed by atoms with E-state index in [1.165, 1.54) is 13.4 Å². The summed E-state index contributed by atoms with van der Waals surface area (Å²) in [7, 11) is 1.53. The number of methoxy groups -OCH3 is 1. The minimum atomic E-state index is -0.317. The number of carbonyl (C=O) groups excluding carboxylic acids is 2. The van der Waals surface area contributed by atoms with Crippen molar-refractivity contribution in [1.82, 2.24) is 14.9 Å². The Balaban J connectivity index is 1.17. The lowest BCUT2D eigenvalue weighted by molar-refractivity contribution is -0.117. The number of nitrogens with one attached hydrogen (secondary N) is 1. The Kier molecular flexibility index (Phi) is 6.88. The van der Waals surface area contributed by atoms with E-state index in [2.05, 4.69) is 15.3 Å². The molecule has 1 saturated carbocycles. The zero-order valence-electron chi connectivity index (χ0n) is 22.0. The molecule has 3 aliphatic heterocycles. The number of nitrogens with zero attached hydrogens (tertiary/aromatic N) is 4. The molecule has 208 valence electrons. The van der Waals surface area contributed by atoms with E-state index in [-0.39, 0.29) is 35.5 Å². The third kappa shape index (κ3) is 5.29. The lowest BCUT2D eigenvalue weighted by Crippen LogP contribution is -2.59. The fourth-order valence-electron chi connectivity index (χ4n) is 5.46. The zero-order valence-corrected chi connectivity index (χ0v) is 22.8. The summed E-state index contributed by atoms with van der Waals surface area (Å²) in [6.07, 6.45) is 4.13. The van der Waals surface area contributed by atoms with Crippen LogP contribution in [0.4, 0.5) is 22.0 Å². The predicted octanol–water partition coefficient (Wildman–Crippen LogP) is 4.02. The van der Waals surface area contributed by atoms with E-state index >= 15 is 0 Å². The molecule has 4 fully saturated rings. The molecule has 1 aliphatic carbocycles. The van der Waals surface area contributed by atoms with Crippen molar-refractivity contribution >= 4 is 40.8 Å². The lowest BCUT2D eigenvalue weighted by Gasteiger charge is -2.46. The molecule has 1 aromatic heterocycles. The Morgan fingerprint density at radius 3 is 2.62 bits per heavy atom. The standard InChI is InChI=1S/C27H32ClN5O6/c1-27(7-8-27)39-26(35)32-11-16-13-37-14-17(12-32)22(16)38-25-23(36-2)24(29-15-30-25)31-20-6-5-18(10-19(20)28)33-9-3-4-21(33)34/h5-6,10,15-17,22H,3-4,7-9,11-14H2,1-2H3,(H,29,30,31). The second kappa shape index (κ2) is 10.3. The highest BCUT2D eigenvalue weighted by molar-refractivity contribution is 6.33. The Hall–Kier alpha value is -3.31. The van der Waals surface area contributed by atoms with Crippen molar-refractivity contribution in [3.05, 3.63) is 29.5 Å². The number of halogens is 1. The molecular weight excluding hydrogens is 526 g/mol. The highest BCUT2D eigenvalue weighted by Crippen LogP contribution is 2.41. The average Bonchev–Trinajstić information content (AvgIpc) is 3.47. The van der Waals surface area contributed by atoms with Crippen molar-refractivity contribution in [2.24, 2.45) is 11.8 Å². The van der Waals surface area contributed by atoms with Crippen LogP contribution in [0.5, 0.6) is 11.6 Å². The third-order valence-electron chi connectivity index (χ3n) is 7.86. The summed E-state index contributed by atoms with van der Waals surface area (Å²) in [4.78, 5) is 37.1. The molecule has 4 heterocycles. The Bertz CT molecular complexity index is 1260. The fraction of sp³-hybridized carbons (Fsp3) is 0.556. The molecule has 2 amide bonds. The third-order valence-corrected chi connectivity index (χ3v) is 8.18. The number of likely N-dealkylation sites (tertiary alicyclic amines) is 1. The van der Waals surface area contributed by atoms with Crippen LogP contribution in [0, 0.1) is 11.8 Å². The van der Waals surface area contributed by atoms with Crippen LogP contribution in [0.25, 0.3) is 0 Å². The Morgan fingerprint density at radius 2 is 1.97 bits per heavy atom. The molecule has 2 aromatic rings. The highest BCUT2D eigenvalue weighted by atomic mass is 35.5. The number of aromatic nitrogens is 2. The van der Waals surface area contributed by atoms with Gasteiger partial charge in [-0.05, 0) is 44.4 Å². The van der Waals surface area contributed by atoms with Gasteiger partial charge in [-0.25, -0.2) is 9.78 Å². The molecule has 39 heavy (non-hydrogen) atoms. The van der Waals surface area contributed by atoms with Gasteiger partial charge in [-0.2, -0.15) is 4.98 Å². The first-order chi connectivity index (χ1) is 18.8. The van der Waals surface area contributed by atoms with Gasteiger partial charge in [0.05, 0.1) is 31.0 Å². The topological polar surface area (TPSA) is 115 Å². The maximum Gasteiger partial charge on any atom is 0.410 e. The molecule has 2 bridgehead atoms. The summed E-state index contributed by atoms with van der Waals surface area (Å²) >= 11 is 6.57. The number of benzene rings is 1. The van der Waals surface area contributed by atoms with Crippen LogP contribution in [-0.4, -0.2) is 78.5 Å². The van der Waals surface area contributed by atoms with E-state index in [1.807, 2.05) is 19.1 Å². The molecular formula is C27H32ClN5O6. The minimum absolute atomic E-state index is 0.0385. The summed E-state index contributed by atoms with van der Waals surface area (Å²) in [5.41, 5.74) is 1.06. The zero-order chi connectivity index (χ0) is 27.1. The first kappa shape index (κ1) is 25.9.